The predicted octanol–water partition coefficient (Wildman–Crippen LogP) is 2.38. The van der Waals surface area contributed by atoms with E-state index in [0.717, 1.165) is 15.6 Å². The molecular formula is C8H11NS. The van der Waals surface area contributed by atoms with E-state index in [9.17, 15) is 0 Å². The predicted molar refractivity (Wildman–Crippen MR) is 46.3 cm³/mol. The molecule has 0 aromatic carbocycles. The Bertz CT molecular complexity index is 255. The largest absolute Gasteiger partial charge is 0.246 e. The summed E-state index contributed by atoms with van der Waals surface area (Å²) in [5.41, 5.74) is 0.972. The summed E-state index contributed by atoms with van der Waals surface area (Å²) in [7, 11) is 0. The summed E-state index contributed by atoms with van der Waals surface area (Å²) in [5, 5.41) is 1.04. The number of terminal acetylenes is 1. The van der Waals surface area contributed by atoms with Crippen LogP contribution in [0.1, 0.15) is 23.0 Å². The first-order valence-electron chi connectivity index (χ1n) is 2.64. The Balaban J connectivity index is 0.000000810. The van der Waals surface area contributed by atoms with Gasteiger partial charge in [-0.05, 0) is 13.8 Å². The van der Waals surface area contributed by atoms with E-state index < -0.39 is 0 Å². The van der Waals surface area contributed by atoms with Crippen molar-refractivity contribution < 1.29 is 0 Å². The number of aryl methyl sites for hydroxylation is 2. The molecule has 1 heterocycles. The van der Waals surface area contributed by atoms with Crippen molar-refractivity contribution in [1.29, 1.82) is 0 Å². The molecule has 0 amide bonds. The Morgan fingerprint density at radius 1 is 1.50 bits per heavy atom. The van der Waals surface area contributed by atoms with Gasteiger partial charge in [-0.3, -0.25) is 0 Å². The molecule has 0 saturated heterocycles. The van der Waals surface area contributed by atoms with E-state index in [4.69, 9.17) is 6.42 Å². The third-order valence-corrected chi connectivity index (χ3v) is 2.04. The molecule has 0 N–H and O–H groups in total. The molecule has 0 bridgehead atoms. The molecule has 0 aliphatic heterocycles. The summed E-state index contributed by atoms with van der Waals surface area (Å²) >= 11 is 1.57. The normalized spacial score (nSPS) is 8.10. The van der Waals surface area contributed by atoms with Gasteiger partial charge in [0.2, 0.25) is 0 Å². The molecule has 1 rings (SSSR count). The molecule has 0 radical (unpaired) electrons. The monoisotopic (exact) mass is 153 g/mol. The molecule has 0 aliphatic carbocycles. The minimum atomic E-state index is 0. The van der Waals surface area contributed by atoms with Crippen LogP contribution in [0.25, 0.3) is 0 Å². The van der Waals surface area contributed by atoms with Crippen LogP contribution in [-0.4, -0.2) is 4.98 Å². The Hall–Kier alpha value is -0.810. The van der Waals surface area contributed by atoms with E-state index in [0.29, 0.717) is 0 Å². The first-order valence-corrected chi connectivity index (χ1v) is 3.46. The van der Waals surface area contributed by atoms with Gasteiger partial charge in [-0.15, -0.1) is 17.8 Å². The number of aromatic nitrogens is 1. The third-order valence-electron chi connectivity index (χ3n) is 1.03. The molecule has 1 aromatic heterocycles. The third kappa shape index (κ3) is 1.58. The lowest BCUT2D eigenvalue weighted by atomic mass is 10.4. The fourth-order valence-corrected chi connectivity index (χ4v) is 1.40. The van der Waals surface area contributed by atoms with Gasteiger partial charge in [-0.1, -0.05) is 13.3 Å². The molecule has 10 heavy (non-hydrogen) atoms. The lowest BCUT2D eigenvalue weighted by Gasteiger charge is -1.77. The SMILES string of the molecule is C.C#Cc1sc(C)nc1C. The van der Waals surface area contributed by atoms with Gasteiger partial charge in [0.05, 0.1) is 15.6 Å². The van der Waals surface area contributed by atoms with Crippen molar-refractivity contribution in [3.05, 3.63) is 15.6 Å². The lowest BCUT2D eigenvalue weighted by Crippen LogP contribution is -1.72. The number of nitrogens with zero attached hydrogens (tertiary/aromatic N) is 1. The van der Waals surface area contributed by atoms with Gasteiger partial charge in [0.1, 0.15) is 0 Å². The maximum atomic E-state index is 5.18. The highest BCUT2D eigenvalue weighted by Crippen LogP contribution is 2.14. The summed E-state index contributed by atoms with van der Waals surface area (Å²) in [5.74, 6) is 2.57. The van der Waals surface area contributed by atoms with Gasteiger partial charge >= 0.3 is 0 Å². The minimum Gasteiger partial charge on any atom is -0.246 e. The molecule has 1 aromatic rings. The number of hydrogen-bond donors (Lipinski definition) is 0. The first kappa shape index (κ1) is 9.19. The van der Waals surface area contributed by atoms with Crippen molar-refractivity contribution in [3.63, 3.8) is 0 Å². The van der Waals surface area contributed by atoms with Gasteiger partial charge < -0.3 is 0 Å². The van der Waals surface area contributed by atoms with Gasteiger partial charge in [0.15, 0.2) is 0 Å². The highest BCUT2D eigenvalue weighted by molar-refractivity contribution is 7.12. The van der Waals surface area contributed by atoms with Crippen LogP contribution in [0.15, 0.2) is 0 Å². The van der Waals surface area contributed by atoms with Crippen LogP contribution in [0.5, 0.6) is 0 Å². The summed E-state index contributed by atoms with van der Waals surface area (Å²) in [6.07, 6.45) is 5.18. The van der Waals surface area contributed by atoms with Crippen LogP contribution < -0.4 is 0 Å². The van der Waals surface area contributed by atoms with Crippen molar-refractivity contribution in [3.8, 4) is 12.3 Å². The summed E-state index contributed by atoms with van der Waals surface area (Å²) in [6, 6.07) is 0. The zero-order valence-electron chi connectivity index (χ0n) is 5.43. The van der Waals surface area contributed by atoms with Crippen molar-refractivity contribution >= 4 is 11.3 Å². The van der Waals surface area contributed by atoms with E-state index in [1.54, 1.807) is 11.3 Å². The Morgan fingerprint density at radius 2 is 2.10 bits per heavy atom. The fraction of sp³-hybridized carbons (Fsp3) is 0.375. The zero-order valence-corrected chi connectivity index (χ0v) is 6.25. The molecule has 0 fully saturated rings. The van der Waals surface area contributed by atoms with Crippen LogP contribution in [0.4, 0.5) is 0 Å². The topological polar surface area (TPSA) is 12.9 Å². The number of rotatable bonds is 0. The molecule has 1 nitrogen and oxygen atoms in total. The van der Waals surface area contributed by atoms with Gasteiger partial charge in [-0.2, -0.15) is 0 Å². The van der Waals surface area contributed by atoms with Crippen molar-refractivity contribution in [2.45, 2.75) is 21.3 Å². The fourth-order valence-electron chi connectivity index (χ4n) is 0.665. The van der Waals surface area contributed by atoms with Gasteiger partial charge in [-0.25, -0.2) is 4.98 Å². The lowest BCUT2D eigenvalue weighted by molar-refractivity contribution is 1.19. The molecule has 0 atom stereocenters. The first-order chi connectivity index (χ1) is 4.24. The molecule has 0 spiro atoms. The van der Waals surface area contributed by atoms with Gasteiger partial charge in [0, 0.05) is 0 Å². The Kier molecular flexibility index (Phi) is 3.11. The second-order valence-corrected chi connectivity index (χ2v) is 2.99. The standard InChI is InChI=1S/C7H7NS.CH4/c1-4-7-5(2)8-6(3)9-7;/h1H,2-3H3;1H4. The van der Waals surface area contributed by atoms with Crippen LogP contribution in [0.2, 0.25) is 0 Å². The van der Waals surface area contributed by atoms with E-state index in [-0.39, 0.29) is 7.43 Å². The molecule has 54 valence electrons. The van der Waals surface area contributed by atoms with E-state index >= 15 is 0 Å². The second kappa shape index (κ2) is 3.38. The minimum absolute atomic E-state index is 0. The second-order valence-electron chi connectivity index (χ2n) is 1.79. The summed E-state index contributed by atoms with van der Waals surface area (Å²) in [4.78, 5) is 5.11. The zero-order chi connectivity index (χ0) is 6.85. The number of hydrogen-bond acceptors (Lipinski definition) is 2. The highest BCUT2D eigenvalue weighted by Gasteiger charge is 1.98. The quantitative estimate of drug-likeness (QED) is 0.521. The van der Waals surface area contributed by atoms with Crippen molar-refractivity contribution in [2.24, 2.45) is 0 Å². The number of thiazole rings is 1. The Labute approximate surface area is 66.1 Å². The molecule has 0 unspecified atom stereocenters. The molecular weight excluding hydrogens is 142 g/mol. The smallest absolute Gasteiger partial charge is 0.0996 e. The highest BCUT2D eigenvalue weighted by atomic mass is 32.1. The van der Waals surface area contributed by atoms with Crippen molar-refractivity contribution in [2.75, 3.05) is 0 Å². The molecule has 0 saturated carbocycles. The van der Waals surface area contributed by atoms with Crippen LogP contribution in [0, 0.1) is 26.2 Å². The van der Waals surface area contributed by atoms with Gasteiger partial charge in [0.25, 0.3) is 0 Å². The maximum absolute atomic E-state index is 5.18. The average molecular weight is 153 g/mol. The molecule has 0 aliphatic rings. The van der Waals surface area contributed by atoms with Crippen LogP contribution in [-0.2, 0) is 0 Å². The summed E-state index contributed by atoms with van der Waals surface area (Å²) in [6.45, 7) is 3.89. The maximum Gasteiger partial charge on any atom is 0.0996 e. The molecule has 2 heteroatoms. The van der Waals surface area contributed by atoms with Crippen molar-refractivity contribution in [1.82, 2.24) is 4.98 Å². The Morgan fingerprint density at radius 3 is 2.30 bits per heavy atom. The van der Waals surface area contributed by atoms with E-state index in [1.165, 1.54) is 0 Å². The van der Waals surface area contributed by atoms with E-state index in [1.807, 2.05) is 13.8 Å². The average Bonchev–Trinajstić information content (AvgIpc) is 2.10. The van der Waals surface area contributed by atoms with Crippen LogP contribution >= 0.6 is 11.3 Å². The summed E-state index contributed by atoms with van der Waals surface area (Å²) < 4.78 is 0. The van der Waals surface area contributed by atoms with E-state index in [2.05, 4.69) is 10.9 Å². The van der Waals surface area contributed by atoms with Crippen LogP contribution in [0.3, 0.4) is 0 Å².